The molecule has 2 rings (SSSR count). The third-order valence-corrected chi connectivity index (χ3v) is 4.03. The molecule has 0 N–H and O–H groups in total. The zero-order valence-electron chi connectivity index (χ0n) is 15.5. The molecule has 1 unspecified atom stereocenters. The number of benzene rings is 1. The Bertz CT molecular complexity index is 735. The minimum absolute atomic E-state index is 0.106. The predicted octanol–water partition coefficient (Wildman–Crippen LogP) is 5.10. The van der Waals surface area contributed by atoms with Gasteiger partial charge in [0.05, 0.1) is 11.6 Å². The van der Waals surface area contributed by atoms with Crippen molar-refractivity contribution in [2.75, 3.05) is 6.61 Å². The van der Waals surface area contributed by atoms with Crippen molar-refractivity contribution in [1.82, 2.24) is 14.8 Å². The quantitative estimate of drug-likeness (QED) is 0.716. The van der Waals surface area contributed by atoms with E-state index in [9.17, 15) is 4.79 Å². The average molecular weight is 364 g/mol. The number of aromatic nitrogens is 3. The molecule has 0 saturated heterocycles. The van der Waals surface area contributed by atoms with Gasteiger partial charge in [0.1, 0.15) is 0 Å². The molecule has 1 atom stereocenters. The number of rotatable bonds is 6. The molecule has 0 aliphatic heterocycles. The van der Waals surface area contributed by atoms with Crippen LogP contribution in [0.5, 0.6) is 6.01 Å². The first-order valence-electron chi connectivity index (χ1n) is 8.59. The van der Waals surface area contributed by atoms with Crippen molar-refractivity contribution in [2.45, 2.75) is 47.5 Å². The lowest BCUT2D eigenvalue weighted by Crippen LogP contribution is -2.20. The van der Waals surface area contributed by atoms with E-state index in [0.29, 0.717) is 29.4 Å². The van der Waals surface area contributed by atoms with E-state index >= 15 is 0 Å². The molecule has 1 aromatic carbocycles. The van der Waals surface area contributed by atoms with Gasteiger partial charge in [0.25, 0.3) is 0 Å². The summed E-state index contributed by atoms with van der Waals surface area (Å²) < 4.78 is 6.71. The highest BCUT2D eigenvalue weighted by molar-refractivity contribution is 6.33. The molecule has 6 heteroatoms. The van der Waals surface area contributed by atoms with Gasteiger partial charge in [-0.1, -0.05) is 51.4 Å². The molecular formula is C19H26ClN3O2. The van der Waals surface area contributed by atoms with Crippen LogP contribution in [0.3, 0.4) is 0 Å². The van der Waals surface area contributed by atoms with Crippen molar-refractivity contribution in [3.8, 4) is 17.4 Å². The smallest absolute Gasteiger partial charge is 0.336 e. The van der Waals surface area contributed by atoms with Crippen molar-refractivity contribution >= 4 is 17.5 Å². The summed E-state index contributed by atoms with van der Waals surface area (Å²) in [4.78, 5) is 17.2. The van der Waals surface area contributed by atoms with E-state index in [1.54, 1.807) is 6.07 Å². The van der Waals surface area contributed by atoms with Crippen LogP contribution in [0.15, 0.2) is 24.3 Å². The summed E-state index contributed by atoms with van der Waals surface area (Å²) in [7, 11) is 0. The largest absolute Gasteiger partial charge is 0.463 e. The van der Waals surface area contributed by atoms with Gasteiger partial charge < -0.3 is 4.74 Å². The Kier molecular flexibility index (Phi) is 6.22. The summed E-state index contributed by atoms with van der Waals surface area (Å²) >= 11 is 6.28. The molecule has 0 amide bonds. The number of ether oxygens (including phenoxy) is 1. The van der Waals surface area contributed by atoms with Gasteiger partial charge in [-0.2, -0.15) is 9.67 Å². The summed E-state index contributed by atoms with van der Waals surface area (Å²) in [6.07, 6.45) is 1.34. The van der Waals surface area contributed by atoms with E-state index in [1.165, 1.54) is 4.68 Å². The maximum absolute atomic E-state index is 12.8. The molecule has 0 saturated carbocycles. The molecule has 0 bridgehead atoms. The molecule has 5 nitrogen and oxygen atoms in total. The minimum atomic E-state index is -0.106. The molecule has 0 aliphatic carbocycles. The summed E-state index contributed by atoms with van der Waals surface area (Å²) in [6, 6.07) is 7.47. The molecule has 1 heterocycles. The van der Waals surface area contributed by atoms with Crippen molar-refractivity contribution in [3.63, 3.8) is 0 Å². The minimum Gasteiger partial charge on any atom is -0.463 e. The lowest BCUT2D eigenvalue weighted by atomic mass is 9.84. The summed E-state index contributed by atoms with van der Waals surface area (Å²) in [5.41, 5.74) is 0.837. The number of halogens is 1. The van der Waals surface area contributed by atoms with Crippen LogP contribution in [0.4, 0.5) is 0 Å². The van der Waals surface area contributed by atoms with E-state index in [-0.39, 0.29) is 23.3 Å². The van der Waals surface area contributed by atoms with E-state index < -0.39 is 0 Å². The number of nitrogens with zero attached hydrogens (tertiary/aromatic N) is 3. The second kappa shape index (κ2) is 8.00. The van der Waals surface area contributed by atoms with Crippen LogP contribution >= 0.6 is 11.6 Å². The Morgan fingerprint density at radius 1 is 1.32 bits per heavy atom. The van der Waals surface area contributed by atoms with Gasteiger partial charge in [-0.25, -0.2) is 0 Å². The molecule has 0 spiro atoms. The second-order valence-corrected chi connectivity index (χ2v) is 7.92. The molecule has 0 fully saturated rings. The molecule has 0 aliphatic rings. The Hall–Kier alpha value is -1.88. The number of carbonyl (C=O) groups excluding carboxylic acids is 1. The first-order chi connectivity index (χ1) is 11.7. The van der Waals surface area contributed by atoms with Gasteiger partial charge >= 0.3 is 6.01 Å². The first kappa shape index (κ1) is 19.4. The molecule has 0 radical (unpaired) electrons. The second-order valence-electron chi connectivity index (χ2n) is 7.51. The highest BCUT2D eigenvalue weighted by Crippen LogP contribution is 2.29. The fourth-order valence-electron chi connectivity index (χ4n) is 2.98. The van der Waals surface area contributed by atoms with Crippen LogP contribution in [0.1, 0.15) is 52.3 Å². The Morgan fingerprint density at radius 3 is 2.60 bits per heavy atom. The normalized spacial score (nSPS) is 12.9. The van der Waals surface area contributed by atoms with Gasteiger partial charge in [-0.05, 0) is 36.8 Å². The van der Waals surface area contributed by atoms with Crippen LogP contribution < -0.4 is 4.74 Å². The van der Waals surface area contributed by atoms with Crippen molar-refractivity contribution in [2.24, 2.45) is 11.3 Å². The maximum Gasteiger partial charge on any atom is 0.336 e. The highest BCUT2D eigenvalue weighted by Gasteiger charge is 2.23. The van der Waals surface area contributed by atoms with E-state index in [0.717, 1.165) is 6.42 Å². The van der Waals surface area contributed by atoms with Gasteiger partial charge in [0.15, 0.2) is 5.82 Å². The van der Waals surface area contributed by atoms with Crippen LogP contribution in [-0.2, 0) is 0 Å². The molecule has 136 valence electrons. The fraction of sp³-hybridized carbons (Fsp3) is 0.526. The topological polar surface area (TPSA) is 57.0 Å². The van der Waals surface area contributed by atoms with Crippen LogP contribution in [-0.4, -0.2) is 27.3 Å². The monoisotopic (exact) mass is 363 g/mol. The first-order valence-corrected chi connectivity index (χ1v) is 8.97. The van der Waals surface area contributed by atoms with E-state index in [1.807, 2.05) is 25.1 Å². The molecule has 25 heavy (non-hydrogen) atoms. The Morgan fingerprint density at radius 2 is 2.00 bits per heavy atom. The summed E-state index contributed by atoms with van der Waals surface area (Å²) in [5, 5.41) is 4.76. The standard InChI is InChI=1S/C19H26ClN3O2/c1-6-25-18-21-17(14-9-7-8-10-15(14)20)23(22-18)16(24)11-13(2)12-19(3,4)5/h7-10,13H,6,11-12H2,1-5H3. The lowest BCUT2D eigenvalue weighted by molar-refractivity contribution is 0.0856. The summed E-state index contributed by atoms with van der Waals surface area (Å²) in [5.74, 6) is 0.554. The van der Waals surface area contributed by atoms with Crippen LogP contribution in [0.2, 0.25) is 5.02 Å². The summed E-state index contributed by atoms with van der Waals surface area (Å²) in [6.45, 7) is 10.9. The number of hydrogen-bond donors (Lipinski definition) is 0. The van der Waals surface area contributed by atoms with Gasteiger partial charge in [-0.15, -0.1) is 5.10 Å². The van der Waals surface area contributed by atoms with Gasteiger partial charge in [-0.3, -0.25) is 4.79 Å². The number of hydrogen-bond acceptors (Lipinski definition) is 4. The third-order valence-electron chi connectivity index (χ3n) is 3.70. The highest BCUT2D eigenvalue weighted by atomic mass is 35.5. The third kappa shape index (κ3) is 5.30. The lowest BCUT2D eigenvalue weighted by Gasteiger charge is -2.22. The number of carbonyl (C=O) groups is 1. The van der Waals surface area contributed by atoms with Gasteiger partial charge in [0.2, 0.25) is 5.91 Å². The zero-order valence-corrected chi connectivity index (χ0v) is 16.3. The predicted molar refractivity (Wildman–Crippen MR) is 100 cm³/mol. The van der Waals surface area contributed by atoms with Crippen molar-refractivity contribution in [1.29, 1.82) is 0 Å². The van der Waals surface area contributed by atoms with E-state index in [2.05, 4.69) is 37.8 Å². The van der Waals surface area contributed by atoms with Crippen LogP contribution in [0.25, 0.3) is 11.4 Å². The maximum atomic E-state index is 12.8. The Labute approximate surface area is 154 Å². The molecular weight excluding hydrogens is 338 g/mol. The SMILES string of the molecule is CCOc1nc(-c2ccccc2Cl)n(C(=O)CC(C)CC(C)(C)C)n1. The fourth-order valence-corrected chi connectivity index (χ4v) is 3.20. The van der Waals surface area contributed by atoms with Crippen molar-refractivity contribution < 1.29 is 9.53 Å². The van der Waals surface area contributed by atoms with Gasteiger partial charge in [0, 0.05) is 12.0 Å². The molecule has 2 aromatic rings. The van der Waals surface area contributed by atoms with Crippen molar-refractivity contribution in [3.05, 3.63) is 29.3 Å². The van der Waals surface area contributed by atoms with E-state index in [4.69, 9.17) is 16.3 Å². The van der Waals surface area contributed by atoms with Crippen LogP contribution in [0, 0.1) is 11.3 Å². The zero-order chi connectivity index (χ0) is 18.6. The molecule has 1 aromatic heterocycles. The average Bonchev–Trinajstić information content (AvgIpc) is 2.90. The Balaban J connectivity index is 2.33.